The first kappa shape index (κ1) is 18.5. The second-order valence-corrected chi connectivity index (χ2v) is 7.81. The van der Waals surface area contributed by atoms with Gasteiger partial charge in [-0.3, -0.25) is 9.36 Å². The Hall–Kier alpha value is -3.27. The van der Waals surface area contributed by atoms with Crippen molar-refractivity contribution in [3.05, 3.63) is 53.9 Å². The summed E-state index contributed by atoms with van der Waals surface area (Å²) in [5, 5.41) is 0. The topological polar surface area (TPSA) is 133 Å². The van der Waals surface area contributed by atoms with Gasteiger partial charge in [0.15, 0.2) is 15.8 Å². The van der Waals surface area contributed by atoms with Gasteiger partial charge in [-0.2, -0.15) is 4.99 Å². The van der Waals surface area contributed by atoms with Crippen LogP contribution in [-0.4, -0.2) is 36.1 Å². The van der Waals surface area contributed by atoms with Gasteiger partial charge in [-0.15, -0.1) is 0 Å². The van der Waals surface area contributed by atoms with Crippen molar-refractivity contribution in [1.82, 2.24) is 9.55 Å². The minimum atomic E-state index is -3.77. The molecule has 0 atom stereocenters. The third-order valence-corrected chi connectivity index (χ3v) is 5.03. The van der Waals surface area contributed by atoms with Crippen LogP contribution in [0.15, 0.2) is 52.6 Å². The normalized spacial score (nSPS) is 11.5. The summed E-state index contributed by atoms with van der Waals surface area (Å²) >= 11 is 0. The van der Waals surface area contributed by atoms with Crippen molar-refractivity contribution in [2.24, 2.45) is 16.5 Å². The van der Waals surface area contributed by atoms with Crippen molar-refractivity contribution < 1.29 is 17.6 Å². The fraction of sp³-hybridized carbons (Fsp3) is 0.118. The van der Waals surface area contributed by atoms with Crippen LogP contribution in [0.1, 0.15) is 15.9 Å². The van der Waals surface area contributed by atoms with Crippen molar-refractivity contribution in [3.63, 3.8) is 0 Å². The Morgan fingerprint density at radius 3 is 2.59 bits per heavy atom. The molecule has 0 aliphatic heterocycles. The Bertz CT molecular complexity index is 1180. The first-order valence-electron chi connectivity index (χ1n) is 7.71. The number of imidazole rings is 1. The number of benzene rings is 2. The van der Waals surface area contributed by atoms with Crippen LogP contribution in [0.4, 0.5) is 4.39 Å². The Labute approximate surface area is 154 Å². The van der Waals surface area contributed by atoms with E-state index >= 15 is 0 Å². The molecule has 3 rings (SSSR count). The molecule has 1 aromatic heterocycles. The van der Waals surface area contributed by atoms with Gasteiger partial charge >= 0.3 is 0 Å². The number of hydrogen-bond acceptors (Lipinski definition) is 4. The summed E-state index contributed by atoms with van der Waals surface area (Å²) in [6, 6.07) is 9.46. The molecule has 0 spiro atoms. The van der Waals surface area contributed by atoms with E-state index in [1.165, 1.54) is 17.0 Å². The zero-order valence-electron chi connectivity index (χ0n) is 14.3. The third kappa shape index (κ3) is 3.51. The SMILES string of the molecule is CS(=O)(=O)c1cc(C(=O)N=C(N)N)c(CF)cc1-n1cnc2ccccc21. The van der Waals surface area contributed by atoms with Crippen LogP contribution in [0, 0.1) is 0 Å². The van der Waals surface area contributed by atoms with Crippen LogP contribution in [0.2, 0.25) is 0 Å². The molecule has 0 unspecified atom stereocenters. The lowest BCUT2D eigenvalue weighted by Crippen LogP contribution is -2.24. The van der Waals surface area contributed by atoms with E-state index in [-0.39, 0.29) is 21.7 Å². The molecule has 0 saturated heterocycles. The lowest BCUT2D eigenvalue weighted by Gasteiger charge is -2.14. The summed E-state index contributed by atoms with van der Waals surface area (Å²) in [5.74, 6) is -1.43. The molecule has 0 saturated carbocycles. The molecule has 1 heterocycles. The standard InChI is InChI=1S/C17H16FN5O3S/c1-27(25,26)15-7-11(16(24)22-17(19)20)10(8-18)6-14(15)23-9-21-12-4-2-3-5-13(12)23/h2-7,9H,8H2,1H3,(H4,19,20,22,24). The summed E-state index contributed by atoms with van der Waals surface area (Å²) in [6.45, 7) is -1.01. The lowest BCUT2D eigenvalue weighted by molar-refractivity contribution is 0.100. The highest BCUT2D eigenvalue weighted by molar-refractivity contribution is 7.90. The number of amides is 1. The smallest absolute Gasteiger partial charge is 0.280 e. The van der Waals surface area contributed by atoms with Crippen LogP contribution >= 0.6 is 0 Å². The van der Waals surface area contributed by atoms with Gasteiger partial charge in [-0.25, -0.2) is 17.8 Å². The van der Waals surface area contributed by atoms with Crippen LogP contribution in [0.5, 0.6) is 0 Å². The number of halogens is 1. The number of carbonyl (C=O) groups excluding carboxylic acids is 1. The van der Waals surface area contributed by atoms with Crippen molar-refractivity contribution in [2.75, 3.05) is 6.26 Å². The van der Waals surface area contributed by atoms with E-state index in [2.05, 4.69) is 9.98 Å². The molecule has 2 aromatic carbocycles. The fourth-order valence-electron chi connectivity index (χ4n) is 2.74. The molecule has 0 fully saturated rings. The number of aliphatic imine (C=N–C) groups is 1. The summed E-state index contributed by atoms with van der Waals surface area (Å²) < 4.78 is 39.9. The largest absolute Gasteiger partial charge is 0.370 e. The first-order chi connectivity index (χ1) is 12.7. The monoisotopic (exact) mass is 389 g/mol. The highest BCUT2D eigenvalue weighted by Gasteiger charge is 2.22. The molecular weight excluding hydrogens is 373 g/mol. The molecule has 8 nitrogen and oxygen atoms in total. The number of aromatic nitrogens is 2. The Balaban J connectivity index is 2.35. The Morgan fingerprint density at radius 2 is 1.96 bits per heavy atom. The predicted octanol–water partition coefficient (Wildman–Crippen LogP) is 1.31. The van der Waals surface area contributed by atoms with E-state index in [1.54, 1.807) is 24.3 Å². The summed E-state index contributed by atoms with van der Waals surface area (Å²) in [4.78, 5) is 19.6. The van der Waals surface area contributed by atoms with Crippen molar-refractivity contribution in [3.8, 4) is 5.69 Å². The molecule has 3 aromatic rings. The van der Waals surface area contributed by atoms with Gasteiger partial charge < -0.3 is 11.5 Å². The molecule has 4 N–H and O–H groups in total. The zero-order valence-corrected chi connectivity index (χ0v) is 15.1. The van der Waals surface area contributed by atoms with Gasteiger partial charge in [0.1, 0.15) is 13.0 Å². The van der Waals surface area contributed by atoms with E-state index in [0.29, 0.717) is 11.0 Å². The summed E-state index contributed by atoms with van der Waals surface area (Å²) in [6.07, 6.45) is 2.43. The van der Waals surface area contributed by atoms with Crippen molar-refractivity contribution >= 4 is 32.7 Å². The van der Waals surface area contributed by atoms with Crippen LogP contribution in [-0.2, 0) is 16.5 Å². The predicted molar refractivity (Wildman–Crippen MR) is 99.1 cm³/mol. The van der Waals surface area contributed by atoms with Gasteiger partial charge in [-0.1, -0.05) is 12.1 Å². The third-order valence-electron chi connectivity index (χ3n) is 3.90. The van der Waals surface area contributed by atoms with Crippen LogP contribution < -0.4 is 11.5 Å². The molecule has 0 aliphatic rings. The molecule has 27 heavy (non-hydrogen) atoms. The minimum absolute atomic E-state index is 0.0369. The maximum Gasteiger partial charge on any atom is 0.280 e. The molecule has 140 valence electrons. The average molecular weight is 389 g/mol. The lowest BCUT2D eigenvalue weighted by atomic mass is 10.1. The maximum atomic E-state index is 13.6. The highest BCUT2D eigenvalue weighted by atomic mass is 32.2. The molecule has 0 aliphatic carbocycles. The summed E-state index contributed by atoms with van der Waals surface area (Å²) in [5.41, 5.74) is 11.6. The Kier molecular flexibility index (Phi) is 4.66. The number of alkyl halides is 1. The second-order valence-electron chi connectivity index (χ2n) is 5.83. The van der Waals surface area contributed by atoms with Gasteiger partial charge in [-0.05, 0) is 29.8 Å². The molecule has 10 heteroatoms. The van der Waals surface area contributed by atoms with Crippen molar-refractivity contribution in [2.45, 2.75) is 11.6 Å². The number of hydrogen-bond donors (Lipinski definition) is 2. The number of fused-ring (bicyclic) bond motifs is 1. The second kappa shape index (κ2) is 6.80. The number of carbonyl (C=O) groups is 1. The van der Waals surface area contributed by atoms with Crippen LogP contribution in [0.25, 0.3) is 16.7 Å². The molecular formula is C17H16FN5O3S. The van der Waals surface area contributed by atoms with E-state index < -0.39 is 28.4 Å². The van der Waals surface area contributed by atoms with Gasteiger partial charge in [0.25, 0.3) is 5.91 Å². The molecule has 1 amide bonds. The molecule has 0 bridgehead atoms. The van der Waals surface area contributed by atoms with E-state index in [4.69, 9.17) is 11.5 Å². The average Bonchev–Trinajstić information content (AvgIpc) is 3.03. The first-order valence-corrected chi connectivity index (χ1v) is 9.61. The number of rotatable bonds is 4. The number of para-hydroxylation sites is 2. The highest BCUT2D eigenvalue weighted by Crippen LogP contribution is 2.29. The van der Waals surface area contributed by atoms with Crippen molar-refractivity contribution in [1.29, 1.82) is 0 Å². The number of sulfone groups is 1. The number of nitrogens with zero attached hydrogens (tertiary/aromatic N) is 3. The number of nitrogens with two attached hydrogens (primary N) is 2. The Morgan fingerprint density at radius 1 is 1.26 bits per heavy atom. The number of guanidine groups is 1. The van der Waals surface area contributed by atoms with Gasteiger partial charge in [0.05, 0.1) is 21.6 Å². The van der Waals surface area contributed by atoms with Gasteiger partial charge in [0, 0.05) is 11.8 Å². The molecule has 0 radical (unpaired) electrons. The fourth-order valence-corrected chi connectivity index (χ4v) is 3.60. The zero-order chi connectivity index (χ0) is 19.8. The van der Waals surface area contributed by atoms with Gasteiger partial charge in [0.2, 0.25) is 0 Å². The summed E-state index contributed by atoms with van der Waals surface area (Å²) in [7, 11) is -3.77. The van der Waals surface area contributed by atoms with E-state index in [0.717, 1.165) is 12.3 Å². The van der Waals surface area contributed by atoms with E-state index in [1.807, 2.05) is 0 Å². The quantitative estimate of drug-likeness (QED) is 0.510. The minimum Gasteiger partial charge on any atom is -0.370 e. The maximum absolute atomic E-state index is 13.6. The van der Waals surface area contributed by atoms with E-state index in [9.17, 15) is 17.6 Å². The van der Waals surface area contributed by atoms with Crippen LogP contribution in [0.3, 0.4) is 0 Å².